The molecule has 3 heterocycles. The van der Waals surface area contributed by atoms with Crippen molar-refractivity contribution >= 4 is 39.9 Å². The number of halogens is 1. The molecule has 1 aromatic heterocycles. The average Bonchev–Trinajstić information content (AvgIpc) is 3.54. The van der Waals surface area contributed by atoms with Gasteiger partial charge in [-0.05, 0) is 43.7 Å². The number of nitrogens with zero attached hydrogens (tertiary/aromatic N) is 2. The first-order valence-electron chi connectivity index (χ1n) is 11.8. The highest BCUT2D eigenvalue weighted by atomic mass is 32.1. The number of anilines is 1. The summed E-state index contributed by atoms with van der Waals surface area (Å²) in [5.74, 6) is -3.11. The molecule has 0 spiro atoms. The number of hydrogen-bond acceptors (Lipinski definition) is 8. The van der Waals surface area contributed by atoms with E-state index in [2.05, 4.69) is 11.6 Å². The standard InChI is InChI=1S/C28H23FN2O6S/c1-4-11-36-27(35)25-15(3)30-28(38-25)31-22(18-7-5-6-8-19(18)29)21(24(33)26(31)34)23(32)16-9-10-20-17(13-16)12-14(2)37-20/h4-10,13-14,22,32H,1,11-12H2,2-3H3/t14-,22+/m0/s1. The summed E-state index contributed by atoms with van der Waals surface area (Å²) in [4.78, 5) is 44.7. The molecule has 3 aromatic rings. The van der Waals surface area contributed by atoms with Gasteiger partial charge in [0.25, 0.3) is 5.78 Å². The van der Waals surface area contributed by atoms with Gasteiger partial charge in [0, 0.05) is 17.5 Å². The molecule has 1 saturated heterocycles. The van der Waals surface area contributed by atoms with Crippen molar-refractivity contribution in [1.29, 1.82) is 0 Å². The van der Waals surface area contributed by atoms with E-state index in [1.54, 1.807) is 31.2 Å². The quantitative estimate of drug-likeness (QED) is 0.158. The second-order valence-corrected chi connectivity index (χ2v) is 9.92. The van der Waals surface area contributed by atoms with E-state index in [0.717, 1.165) is 21.8 Å². The van der Waals surface area contributed by atoms with Crippen LogP contribution in [0.1, 0.15) is 45.0 Å². The van der Waals surface area contributed by atoms with Crippen LogP contribution in [0, 0.1) is 12.7 Å². The van der Waals surface area contributed by atoms with Crippen molar-refractivity contribution < 1.29 is 33.4 Å². The van der Waals surface area contributed by atoms with Crippen LogP contribution in [0.25, 0.3) is 5.76 Å². The number of carbonyl (C=O) groups is 3. The Hall–Kier alpha value is -4.31. The minimum Gasteiger partial charge on any atom is -0.507 e. The fourth-order valence-corrected chi connectivity index (χ4v) is 5.61. The van der Waals surface area contributed by atoms with Gasteiger partial charge < -0.3 is 14.6 Å². The lowest BCUT2D eigenvalue weighted by Crippen LogP contribution is -2.29. The molecule has 8 nitrogen and oxygen atoms in total. The van der Waals surface area contributed by atoms with E-state index >= 15 is 4.39 Å². The molecule has 0 aliphatic carbocycles. The van der Waals surface area contributed by atoms with Crippen LogP contribution in [0.4, 0.5) is 9.52 Å². The zero-order chi connectivity index (χ0) is 27.1. The van der Waals surface area contributed by atoms with Crippen LogP contribution in [-0.4, -0.2) is 40.5 Å². The summed E-state index contributed by atoms with van der Waals surface area (Å²) in [6.45, 7) is 6.97. The number of esters is 1. The smallest absolute Gasteiger partial charge is 0.350 e. The third kappa shape index (κ3) is 4.26. The molecule has 1 amide bonds. The van der Waals surface area contributed by atoms with Crippen LogP contribution in [0.15, 0.2) is 60.7 Å². The Bertz CT molecular complexity index is 1530. The van der Waals surface area contributed by atoms with E-state index in [4.69, 9.17) is 9.47 Å². The van der Waals surface area contributed by atoms with E-state index < -0.39 is 35.3 Å². The van der Waals surface area contributed by atoms with Crippen LogP contribution < -0.4 is 9.64 Å². The lowest BCUT2D eigenvalue weighted by atomic mass is 9.94. The lowest BCUT2D eigenvalue weighted by Gasteiger charge is -2.23. The molecule has 38 heavy (non-hydrogen) atoms. The predicted octanol–water partition coefficient (Wildman–Crippen LogP) is 4.88. The number of aromatic nitrogens is 1. The number of ether oxygens (including phenoxy) is 2. The minimum absolute atomic E-state index is 0.00126. The van der Waals surface area contributed by atoms with Gasteiger partial charge >= 0.3 is 11.9 Å². The van der Waals surface area contributed by atoms with Gasteiger partial charge in [0.05, 0.1) is 11.3 Å². The molecule has 2 aromatic carbocycles. The Labute approximate surface area is 221 Å². The highest BCUT2D eigenvalue weighted by molar-refractivity contribution is 7.17. The molecule has 2 aliphatic heterocycles. The summed E-state index contributed by atoms with van der Waals surface area (Å²) in [7, 11) is 0. The largest absolute Gasteiger partial charge is 0.507 e. The van der Waals surface area contributed by atoms with E-state index in [-0.39, 0.29) is 39.6 Å². The molecule has 1 fully saturated rings. The van der Waals surface area contributed by atoms with E-state index in [9.17, 15) is 19.5 Å². The van der Waals surface area contributed by atoms with Gasteiger partial charge in [0.1, 0.15) is 41.0 Å². The topological polar surface area (TPSA) is 106 Å². The molecule has 194 valence electrons. The number of thiazole rings is 1. The number of aryl methyl sites for hydroxylation is 1. The summed E-state index contributed by atoms with van der Waals surface area (Å²) in [6.07, 6.45) is 1.99. The van der Waals surface area contributed by atoms with Crippen molar-refractivity contribution in [3.63, 3.8) is 0 Å². The fraction of sp³-hybridized carbons (Fsp3) is 0.214. The molecule has 2 atom stereocenters. The molecule has 1 N–H and O–H groups in total. The van der Waals surface area contributed by atoms with Crippen molar-refractivity contribution in [1.82, 2.24) is 4.98 Å². The first-order chi connectivity index (χ1) is 18.2. The molecule has 0 radical (unpaired) electrons. The number of fused-ring (bicyclic) bond motifs is 1. The van der Waals surface area contributed by atoms with Gasteiger partial charge in [-0.1, -0.05) is 42.2 Å². The monoisotopic (exact) mass is 534 g/mol. The Morgan fingerprint density at radius 3 is 2.82 bits per heavy atom. The van der Waals surface area contributed by atoms with Crippen molar-refractivity contribution in [3.8, 4) is 5.75 Å². The third-order valence-corrected chi connectivity index (χ3v) is 7.46. The van der Waals surface area contributed by atoms with Crippen LogP contribution >= 0.6 is 11.3 Å². The maximum atomic E-state index is 15.1. The van der Waals surface area contributed by atoms with Crippen molar-refractivity contribution in [2.45, 2.75) is 32.4 Å². The zero-order valence-corrected chi connectivity index (χ0v) is 21.4. The number of benzene rings is 2. The van der Waals surface area contributed by atoms with Gasteiger partial charge in [0.2, 0.25) is 0 Å². The number of hydrogen-bond donors (Lipinski definition) is 1. The highest BCUT2D eigenvalue weighted by Crippen LogP contribution is 2.45. The average molecular weight is 535 g/mol. The van der Waals surface area contributed by atoms with Crippen LogP contribution in [-0.2, 0) is 20.7 Å². The molecule has 5 rings (SSSR count). The predicted molar refractivity (Wildman–Crippen MR) is 139 cm³/mol. The first kappa shape index (κ1) is 25.3. The van der Waals surface area contributed by atoms with Crippen molar-refractivity contribution in [3.05, 3.63) is 93.8 Å². The van der Waals surface area contributed by atoms with E-state index in [1.165, 1.54) is 24.3 Å². The Morgan fingerprint density at radius 2 is 2.08 bits per heavy atom. The number of rotatable bonds is 6. The van der Waals surface area contributed by atoms with Crippen molar-refractivity contribution in [2.75, 3.05) is 11.5 Å². The minimum atomic E-state index is -1.32. The molecule has 0 unspecified atom stereocenters. The van der Waals surface area contributed by atoms with Gasteiger partial charge in [-0.2, -0.15) is 0 Å². The molecular formula is C28H23FN2O6S. The number of amides is 1. The number of aliphatic hydroxyl groups excluding tert-OH is 1. The summed E-state index contributed by atoms with van der Waals surface area (Å²) in [5, 5.41) is 11.4. The number of carbonyl (C=O) groups excluding carboxylic acids is 3. The molecular weight excluding hydrogens is 511 g/mol. The Balaban J connectivity index is 1.66. The van der Waals surface area contributed by atoms with Crippen LogP contribution in [0.5, 0.6) is 5.75 Å². The Kier molecular flexibility index (Phi) is 6.58. The second-order valence-electron chi connectivity index (χ2n) is 8.94. The van der Waals surface area contributed by atoms with Crippen molar-refractivity contribution in [2.24, 2.45) is 0 Å². The van der Waals surface area contributed by atoms with E-state index in [1.807, 2.05) is 6.92 Å². The molecule has 0 saturated carbocycles. The van der Waals surface area contributed by atoms with Gasteiger partial charge in [-0.15, -0.1) is 0 Å². The zero-order valence-electron chi connectivity index (χ0n) is 20.6. The second kappa shape index (κ2) is 9.86. The summed E-state index contributed by atoms with van der Waals surface area (Å²) >= 11 is 0.841. The fourth-order valence-electron chi connectivity index (χ4n) is 4.62. The number of ketones is 1. The molecule has 0 bridgehead atoms. The molecule has 2 aliphatic rings. The maximum Gasteiger partial charge on any atom is 0.350 e. The highest BCUT2D eigenvalue weighted by Gasteiger charge is 2.49. The van der Waals surface area contributed by atoms with Gasteiger partial charge in [0.15, 0.2) is 5.13 Å². The lowest BCUT2D eigenvalue weighted by molar-refractivity contribution is -0.132. The summed E-state index contributed by atoms with van der Waals surface area (Å²) in [6, 6.07) is 9.33. The SMILES string of the molecule is C=CCOC(=O)c1sc(N2C(=O)C(=O)C(=C(O)c3ccc4c(c3)C[C@H](C)O4)[C@H]2c2ccccc2F)nc1C. The molecule has 10 heteroatoms. The summed E-state index contributed by atoms with van der Waals surface area (Å²) in [5.41, 5.74) is 1.13. The van der Waals surface area contributed by atoms with Gasteiger partial charge in [-0.3, -0.25) is 14.5 Å². The van der Waals surface area contributed by atoms with Crippen LogP contribution in [0.2, 0.25) is 0 Å². The maximum absolute atomic E-state index is 15.1. The van der Waals surface area contributed by atoms with E-state index in [0.29, 0.717) is 17.7 Å². The summed E-state index contributed by atoms with van der Waals surface area (Å²) < 4.78 is 25.9. The Morgan fingerprint density at radius 1 is 1.32 bits per heavy atom. The first-order valence-corrected chi connectivity index (χ1v) is 12.6. The van der Waals surface area contributed by atoms with Gasteiger partial charge in [-0.25, -0.2) is 14.2 Å². The third-order valence-electron chi connectivity index (χ3n) is 6.32. The normalized spacial score (nSPS) is 19.8. The number of Topliss-reactive ketones (excluding diaryl/α,β-unsaturated/α-hetero) is 1. The van der Waals surface area contributed by atoms with Crippen LogP contribution in [0.3, 0.4) is 0 Å². The number of aliphatic hydroxyl groups is 1.